The molecule has 2 heterocycles. The average molecular weight is 805 g/mol. The van der Waals surface area contributed by atoms with E-state index in [1.165, 1.54) is 19.1 Å². The van der Waals surface area contributed by atoms with Crippen molar-refractivity contribution in [2.24, 2.45) is 0 Å². The highest BCUT2D eigenvalue weighted by molar-refractivity contribution is 7.53. The van der Waals surface area contributed by atoms with Crippen molar-refractivity contribution in [3.63, 3.8) is 0 Å². The van der Waals surface area contributed by atoms with E-state index >= 15 is 4.39 Å². The van der Waals surface area contributed by atoms with Gasteiger partial charge in [-0.3, -0.25) is 33.5 Å². The number of anilines is 1. The number of piperazine rings is 1. The van der Waals surface area contributed by atoms with E-state index in [4.69, 9.17) is 9.05 Å². The Balaban J connectivity index is 1.54. The highest BCUT2D eigenvalue weighted by Gasteiger charge is 2.35. The third-order valence-electron chi connectivity index (χ3n) is 9.61. The second-order valence-electron chi connectivity index (χ2n) is 13.3. The van der Waals surface area contributed by atoms with Gasteiger partial charge in [0.25, 0.3) is 11.2 Å². The predicted molar refractivity (Wildman–Crippen MR) is 204 cm³/mol. The van der Waals surface area contributed by atoms with Crippen LogP contribution in [-0.2, 0) is 39.4 Å². The van der Waals surface area contributed by atoms with Crippen molar-refractivity contribution in [2.75, 3.05) is 57.0 Å². The number of hydrogen-bond acceptors (Lipinski definition) is 10. The van der Waals surface area contributed by atoms with Gasteiger partial charge in [0, 0.05) is 62.7 Å². The van der Waals surface area contributed by atoms with E-state index in [0.717, 1.165) is 32.9 Å². The molecule has 0 saturated carbocycles. The van der Waals surface area contributed by atoms with Gasteiger partial charge in [0.1, 0.15) is 11.5 Å². The van der Waals surface area contributed by atoms with E-state index < -0.39 is 59.5 Å². The van der Waals surface area contributed by atoms with E-state index in [-0.39, 0.29) is 62.6 Å². The number of nitrogens with one attached hydrogen (secondary N) is 1. The number of aromatic nitrogens is 2. The van der Waals surface area contributed by atoms with Crippen LogP contribution in [-0.4, -0.2) is 71.1 Å². The molecule has 1 saturated heterocycles. The van der Waals surface area contributed by atoms with Crippen molar-refractivity contribution in [3.8, 4) is 0 Å². The molecule has 56 heavy (non-hydrogen) atoms. The lowest BCUT2D eigenvalue weighted by molar-refractivity contribution is -0.384. The van der Waals surface area contributed by atoms with Crippen molar-refractivity contribution in [3.05, 3.63) is 138 Å². The summed E-state index contributed by atoms with van der Waals surface area (Å²) in [6.07, 6.45) is -4.95. The Morgan fingerprint density at radius 3 is 2.20 bits per heavy atom. The molecule has 302 valence electrons. The van der Waals surface area contributed by atoms with Gasteiger partial charge in [0.15, 0.2) is 0 Å². The average Bonchev–Trinajstić information content (AvgIpc) is 3.16. The fourth-order valence-corrected chi connectivity index (χ4v) is 8.41. The zero-order valence-corrected chi connectivity index (χ0v) is 32.2. The predicted octanol–water partition coefficient (Wildman–Crippen LogP) is 6.35. The normalized spacial score (nSPS) is 14.6. The summed E-state index contributed by atoms with van der Waals surface area (Å²) in [4.78, 5) is 43.5. The lowest BCUT2D eigenvalue weighted by Gasteiger charge is -2.37. The molecule has 0 spiro atoms. The Morgan fingerprint density at radius 2 is 1.57 bits per heavy atom. The molecule has 1 aromatic heterocycles. The first-order valence-electron chi connectivity index (χ1n) is 18.2. The first-order chi connectivity index (χ1) is 26.7. The van der Waals surface area contributed by atoms with E-state index in [2.05, 4.69) is 5.32 Å². The molecule has 13 nitrogen and oxygen atoms in total. The van der Waals surface area contributed by atoms with Gasteiger partial charge in [0.05, 0.1) is 49.0 Å². The third kappa shape index (κ3) is 10.2. The third-order valence-corrected chi connectivity index (χ3v) is 11.7. The molecule has 0 aliphatic carbocycles. The monoisotopic (exact) mass is 804 g/mol. The van der Waals surface area contributed by atoms with Gasteiger partial charge in [-0.15, -0.1) is 0 Å². The molecular weight excluding hydrogens is 759 g/mol. The van der Waals surface area contributed by atoms with Crippen LogP contribution in [0.4, 0.5) is 28.9 Å². The Kier molecular flexibility index (Phi) is 14.0. The van der Waals surface area contributed by atoms with E-state index in [1.807, 2.05) is 4.90 Å². The van der Waals surface area contributed by atoms with Crippen LogP contribution in [0.15, 0.2) is 82.4 Å². The minimum Gasteiger partial charge on any atom is -0.363 e. The van der Waals surface area contributed by atoms with Crippen molar-refractivity contribution in [1.82, 2.24) is 19.4 Å². The van der Waals surface area contributed by atoms with Crippen LogP contribution >= 0.6 is 7.60 Å². The summed E-state index contributed by atoms with van der Waals surface area (Å²) in [5, 5.41) is 14.6. The largest absolute Gasteiger partial charge is 0.416 e. The molecule has 0 bridgehead atoms. The molecule has 1 aliphatic rings. The van der Waals surface area contributed by atoms with Gasteiger partial charge >= 0.3 is 19.5 Å². The van der Waals surface area contributed by atoms with Crippen molar-refractivity contribution in [2.45, 2.75) is 52.6 Å². The number of hydrogen-bond donors (Lipinski definition) is 1. The minimum absolute atomic E-state index is 0.0234. The molecule has 18 heteroatoms. The minimum atomic E-state index is -4.92. The van der Waals surface area contributed by atoms with Crippen molar-refractivity contribution in [1.29, 1.82) is 0 Å². The maximum atomic E-state index is 15.2. The first-order valence-corrected chi connectivity index (χ1v) is 19.9. The zero-order valence-electron chi connectivity index (χ0n) is 31.3. The zero-order chi connectivity index (χ0) is 40.6. The molecule has 1 aliphatic heterocycles. The Bertz CT molecular complexity index is 2150. The van der Waals surface area contributed by atoms with Gasteiger partial charge in [-0.2, -0.15) is 13.2 Å². The maximum Gasteiger partial charge on any atom is 0.416 e. The summed E-state index contributed by atoms with van der Waals surface area (Å²) < 4.78 is 83.7. The topological polar surface area (TPSA) is 141 Å². The number of halogens is 4. The summed E-state index contributed by atoms with van der Waals surface area (Å²) in [7, 11) is -3.47. The van der Waals surface area contributed by atoms with Gasteiger partial charge in [0.2, 0.25) is 0 Å². The maximum absolute atomic E-state index is 15.2. The SMILES string of the molecule is CCOP(=O)(CCN[C@@H](Cn1c(=O)c(N2CCN(Cc3cccc([N+](=O)[O-])c3)CC2)c(C)n(Cc2c(F)cccc2C(F)(F)F)c1=O)c1ccccc1)OCC. The first kappa shape index (κ1) is 42.5. The molecule has 1 atom stereocenters. The standard InChI is InChI=1S/C38H45F4N6O7P/c1-4-54-56(53,55-5-2)22-17-43-34(29-12-7-6-8-13-29)26-47-36(49)35(45-20-18-44(19-21-45)24-28-11-9-14-30(23-28)48(51)52)27(3)46(37(47)50)25-31-32(38(40,41)42)15-10-16-33(31)39/h6-16,23,34,43H,4-5,17-22,24-26H2,1-3H3/t34-/m0/s1. The van der Waals surface area contributed by atoms with Crippen LogP contribution in [0, 0.1) is 22.9 Å². The highest BCUT2D eigenvalue weighted by Crippen LogP contribution is 2.47. The number of rotatable bonds is 17. The number of alkyl halides is 3. The molecule has 3 aromatic carbocycles. The lowest BCUT2D eigenvalue weighted by atomic mass is 10.1. The quantitative estimate of drug-likeness (QED) is 0.0556. The number of nitro benzene ring substituents is 1. The van der Waals surface area contributed by atoms with Crippen LogP contribution < -0.4 is 21.5 Å². The Hall–Kier alpha value is -4.67. The van der Waals surface area contributed by atoms with Crippen LogP contribution in [0.2, 0.25) is 0 Å². The summed E-state index contributed by atoms with van der Waals surface area (Å²) in [6, 6.07) is 17.0. The van der Waals surface area contributed by atoms with Crippen LogP contribution in [0.1, 0.15) is 47.8 Å². The number of nitrogens with zero attached hydrogens (tertiary/aromatic N) is 5. The number of nitro groups is 1. The van der Waals surface area contributed by atoms with Crippen molar-refractivity contribution < 1.29 is 36.1 Å². The molecule has 0 amide bonds. The van der Waals surface area contributed by atoms with E-state index in [9.17, 15) is 37.4 Å². The molecule has 1 N–H and O–H groups in total. The van der Waals surface area contributed by atoms with Gasteiger partial charge in [-0.1, -0.05) is 48.5 Å². The summed E-state index contributed by atoms with van der Waals surface area (Å²) in [6.45, 7) is 5.94. The molecule has 0 unspecified atom stereocenters. The van der Waals surface area contributed by atoms with E-state index in [0.29, 0.717) is 25.2 Å². The summed E-state index contributed by atoms with van der Waals surface area (Å²) >= 11 is 0. The second-order valence-corrected chi connectivity index (χ2v) is 15.4. The Labute approximate surface area is 321 Å². The lowest BCUT2D eigenvalue weighted by Crippen LogP contribution is -2.51. The van der Waals surface area contributed by atoms with Gasteiger partial charge < -0.3 is 19.3 Å². The molecule has 5 rings (SSSR count). The smallest absolute Gasteiger partial charge is 0.363 e. The summed E-state index contributed by atoms with van der Waals surface area (Å²) in [5.74, 6) is -1.16. The molecule has 1 fully saturated rings. The van der Waals surface area contributed by atoms with Crippen LogP contribution in [0.5, 0.6) is 0 Å². The van der Waals surface area contributed by atoms with Crippen LogP contribution in [0.3, 0.4) is 0 Å². The van der Waals surface area contributed by atoms with Gasteiger partial charge in [-0.25, -0.2) is 9.18 Å². The van der Waals surface area contributed by atoms with Gasteiger partial charge in [-0.05, 0) is 44.0 Å². The molecule has 0 radical (unpaired) electrons. The number of non-ortho nitro benzene ring substituents is 1. The Morgan fingerprint density at radius 1 is 0.911 bits per heavy atom. The number of benzene rings is 3. The second kappa shape index (κ2) is 18.5. The van der Waals surface area contributed by atoms with Crippen LogP contribution in [0.25, 0.3) is 0 Å². The highest BCUT2D eigenvalue weighted by atomic mass is 31.2. The summed E-state index contributed by atoms with van der Waals surface area (Å²) in [5.41, 5.74) is -2.11. The fourth-order valence-electron chi connectivity index (χ4n) is 6.89. The molecule has 4 aromatic rings. The van der Waals surface area contributed by atoms with E-state index in [1.54, 1.807) is 61.2 Å². The van der Waals surface area contributed by atoms with Crippen molar-refractivity contribution >= 4 is 19.0 Å². The fraction of sp³-hybridized carbons (Fsp3) is 0.421. The molecular formula is C38H45F4N6O7P.